The predicted octanol–water partition coefficient (Wildman–Crippen LogP) is 4.82. The highest BCUT2D eigenvalue weighted by atomic mass is 19.4. The maximum atomic E-state index is 12.1. The first kappa shape index (κ1) is 32.0. The fourth-order valence-corrected chi connectivity index (χ4v) is 7.20. The number of anilines is 2. The summed E-state index contributed by atoms with van der Waals surface area (Å²) in [7, 11) is 2.12. The number of fused-ring (bicyclic) bond motifs is 2. The lowest BCUT2D eigenvalue weighted by atomic mass is 9.88. The molecule has 12 heteroatoms. The Balaban J connectivity index is 0.000000270. The lowest BCUT2D eigenvalue weighted by molar-refractivity contribution is -0.138. The van der Waals surface area contributed by atoms with Crippen molar-refractivity contribution in [1.29, 1.82) is 0 Å². The summed E-state index contributed by atoms with van der Waals surface area (Å²) < 4.78 is 42.6. The summed E-state index contributed by atoms with van der Waals surface area (Å²) in [6.07, 6.45) is 6.88. The molecule has 4 aliphatic rings. The lowest BCUT2D eigenvalue weighted by Gasteiger charge is -2.33. The Morgan fingerprint density at radius 2 is 1.95 bits per heavy atom. The molecule has 2 atom stereocenters. The number of likely N-dealkylation sites (tertiary alicyclic amines) is 1. The van der Waals surface area contributed by atoms with E-state index in [0.29, 0.717) is 25.1 Å². The van der Waals surface area contributed by atoms with Gasteiger partial charge in [0.1, 0.15) is 18.2 Å². The Hall–Kier alpha value is -3.41. The molecule has 5 heterocycles. The standard InChI is InChI=1S/C25H37N5O2.C7H7F3N2/c1-4-22(31)29-14-9-19(16-29)28(3)23-20-15-18(2)7-8-21(20)26-24(27-23)32-17-25-10-5-12-30(25)13-6-11-25;1-4-2-6(11)12-3-5(4)7(8,9)10/h4,18-19H,1,5-17H2,2-3H3;2-3H,1H3,(H2,11,12). The van der Waals surface area contributed by atoms with Crippen LogP contribution in [0, 0.1) is 12.8 Å². The van der Waals surface area contributed by atoms with Crippen molar-refractivity contribution in [2.24, 2.45) is 5.92 Å². The maximum absolute atomic E-state index is 12.1. The van der Waals surface area contributed by atoms with Crippen LogP contribution in [-0.2, 0) is 23.8 Å². The highest BCUT2D eigenvalue weighted by Gasteiger charge is 2.45. The highest BCUT2D eigenvalue weighted by Crippen LogP contribution is 2.40. The number of alkyl halides is 3. The molecule has 0 aromatic carbocycles. The van der Waals surface area contributed by atoms with E-state index in [9.17, 15) is 18.0 Å². The van der Waals surface area contributed by atoms with Crippen molar-refractivity contribution in [3.63, 3.8) is 0 Å². The van der Waals surface area contributed by atoms with E-state index in [4.69, 9.17) is 20.4 Å². The van der Waals surface area contributed by atoms with Crippen LogP contribution in [0.5, 0.6) is 6.01 Å². The molecule has 1 amide bonds. The van der Waals surface area contributed by atoms with Gasteiger partial charge in [-0.1, -0.05) is 13.5 Å². The minimum absolute atomic E-state index is 0.0141. The molecule has 240 valence electrons. The van der Waals surface area contributed by atoms with Crippen molar-refractivity contribution in [2.75, 3.05) is 50.5 Å². The van der Waals surface area contributed by atoms with Gasteiger partial charge in [0, 0.05) is 37.9 Å². The highest BCUT2D eigenvalue weighted by molar-refractivity contribution is 5.87. The van der Waals surface area contributed by atoms with E-state index < -0.39 is 11.7 Å². The number of aryl methyl sites for hydroxylation is 2. The summed E-state index contributed by atoms with van der Waals surface area (Å²) in [6, 6.07) is 1.98. The van der Waals surface area contributed by atoms with E-state index in [2.05, 4.69) is 35.3 Å². The van der Waals surface area contributed by atoms with Crippen LogP contribution in [-0.4, -0.2) is 82.1 Å². The molecular formula is C32H44F3N7O2. The van der Waals surface area contributed by atoms with Crippen LogP contribution in [0.4, 0.5) is 24.8 Å². The van der Waals surface area contributed by atoms with Crippen LogP contribution in [0.1, 0.15) is 67.8 Å². The monoisotopic (exact) mass is 615 g/mol. The Morgan fingerprint density at radius 1 is 1.23 bits per heavy atom. The zero-order chi connectivity index (χ0) is 31.6. The molecule has 2 aromatic rings. The maximum Gasteiger partial charge on any atom is 0.418 e. The second-order valence-corrected chi connectivity index (χ2v) is 12.8. The van der Waals surface area contributed by atoms with Crippen molar-refractivity contribution >= 4 is 17.5 Å². The Kier molecular flexibility index (Phi) is 9.38. The van der Waals surface area contributed by atoms with Gasteiger partial charge in [-0.25, -0.2) is 4.98 Å². The van der Waals surface area contributed by atoms with Crippen molar-refractivity contribution in [2.45, 2.75) is 83.0 Å². The molecule has 0 radical (unpaired) electrons. The molecule has 0 bridgehead atoms. The Labute approximate surface area is 257 Å². The molecule has 2 unspecified atom stereocenters. The topological polar surface area (TPSA) is 101 Å². The molecule has 3 saturated heterocycles. The minimum Gasteiger partial charge on any atom is -0.461 e. The Morgan fingerprint density at radius 3 is 2.61 bits per heavy atom. The minimum atomic E-state index is -4.34. The third kappa shape index (κ3) is 6.79. The quantitative estimate of drug-likeness (QED) is 0.462. The summed E-state index contributed by atoms with van der Waals surface area (Å²) in [5.41, 5.74) is 7.16. The molecule has 6 rings (SSSR count). The van der Waals surface area contributed by atoms with E-state index in [0.717, 1.165) is 49.9 Å². The van der Waals surface area contributed by atoms with E-state index in [1.54, 1.807) is 0 Å². The van der Waals surface area contributed by atoms with Gasteiger partial charge < -0.3 is 20.3 Å². The SMILES string of the molecule is C=CC(=O)N1CCC(N(C)c2nc(OCC34CCCN3CCC4)nc3c2CC(C)CC3)C1.Cc1cc(N)ncc1C(F)(F)F. The first-order valence-corrected chi connectivity index (χ1v) is 15.6. The largest absolute Gasteiger partial charge is 0.461 e. The number of carbonyl (C=O) groups is 1. The molecule has 2 N–H and O–H groups in total. The normalized spacial score (nSPS) is 22.5. The number of hydrogen-bond donors (Lipinski definition) is 1. The number of amides is 1. The van der Waals surface area contributed by atoms with E-state index in [1.807, 2.05) is 4.90 Å². The lowest BCUT2D eigenvalue weighted by Crippen LogP contribution is -2.43. The number of nitrogens with zero attached hydrogens (tertiary/aromatic N) is 6. The fraction of sp³-hybridized carbons (Fsp3) is 0.625. The summed E-state index contributed by atoms with van der Waals surface area (Å²) in [5, 5.41) is 0. The molecular weight excluding hydrogens is 571 g/mol. The average Bonchev–Trinajstić information content (AvgIpc) is 3.71. The molecule has 3 aliphatic heterocycles. The second-order valence-electron chi connectivity index (χ2n) is 12.8. The van der Waals surface area contributed by atoms with Crippen LogP contribution in [0.15, 0.2) is 24.9 Å². The predicted molar refractivity (Wildman–Crippen MR) is 163 cm³/mol. The molecule has 9 nitrogen and oxygen atoms in total. The van der Waals surface area contributed by atoms with Crippen molar-refractivity contribution < 1.29 is 22.7 Å². The van der Waals surface area contributed by atoms with Crippen molar-refractivity contribution in [3.8, 4) is 6.01 Å². The molecule has 0 spiro atoms. The first-order valence-electron chi connectivity index (χ1n) is 15.6. The number of hydrogen-bond acceptors (Lipinski definition) is 8. The van der Waals surface area contributed by atoms with Crippen molar-refractivity contribution in [3.05, 3.63) is 47.3 Å². The summed E-state index contributed by atoms with van der Waals surface area (Å²) in [5.74, 6) is 1.75. The van der Waals surface area contributed by atoms with Crippen molar-refractivity contribution in [1.82, 2.24) is 24.8 Å². The number of carbonyl (C=O) groups excluding carboxylic acids is 1. The zero-order valence-corrected chi connectivity index (χ0v) is 26.0. The van der Waals surface area contributed by atoms with E-state index in [1.165, 1.54) is 63.4 Å². The molecule has 0 saturated carbocycles. The van der Waals surface area contributed by atoms with Gasteiger partial charge in [-0.05, 0) is 95.0 Å². The molecule has 44 heavy (non-hydrogen) atoms. The van der Waals surface area contributed by atoms with Gasteiger partial charge in [-0.15, -0.1) is 0 Å². The average molecular weight is 616 g/mol. The number of nitrogen functional groups attached to an aromatic ring is 1. The number of rotatable bonds is 6. The fourth-order valence-electron chi connectivity index (χ4n) is 7.20. The van der Waals surface area contributed by atoms with Gasteiger partial charge in [-0.2, -0.15) is 23.1 Å². The smallest absolute Gasteiger partial charge is 0.418 e. The van der Waals surface area contributed by atoms with Gasteiger partial charge in [0.15, 0.2) is 0 Å². The third-order valence-electron chi connectivity index (χ3n) is 9.73. The first-order chi connectivity index (χ1) is 20.9. The molecule has 2 aromatic heterocycles. The van der Waals surface area contributed by atoms with Gasteiger partial charge in [0.2, 0.25) is 5.91 Å². The Bertz CT molecular complexity index is 1360. The van der Waals surface area contributed by atoms with Crippen LogP contribution in [0.2, 0.25) is 0 Å². The number of pyridine rings is 1. The van der Waals surface area contributed by atoms with Gasteiger partial charge in [0.25, 0.3) is 0 Å². The number of aromatic nitrogens is 3. The summed E-state index contributed by atoms with van der Waals surface area (Å²) >= 11 is 0. The third-order valence-corrected chi connectivity index (χ3v) is 9.73. The van der Waals surface area contributed by atoms with Gasteiger partial charge in [0.05, 0.1) is 16.8 Å². The van der Waals surface area contributed by atoms with Crippen LogP contribution >= 0.6 is 0 Å². The van der Waals surface area contributed by atoms with Crippen LogP contribution in [0.25, 0.3) is 0 Å². The van der Waals surface area contributed by atoms with Gasteiger partial charge in [-0.3, -0.25) is 9.69 Å². The summed E-state index contributed by atoms with van der Waals surface area (Å²) in [6.45, 7) is 11.9. The zero-order valence-electron chi connectivity index (χ0n) is 26.0. The number of likely N-dealkylation sites (N-methyl/N-ethyl adjacent to an activating group) is 1. The molecule has 1 aliphatic carbocycles. The second kappa shape index (κ2) is 12.9. The van der Waals surface area contributed by atoms with E-state index in [-0.39, 0.29) is 28.9 Å². The van der Waals surface area contributed by atoms with Crippen LogP contribution in [0.3, 0.4) is 0 Å². The van der Waals surface area contributed by atoms with Gasteiger partial charge >= 0.3 is 12.2 Å². The van der Waals surface area contributed by atoms with E-state index >= 15 is 0 Å². The molecule has 3 fully saturated rings. The summed E-state index contributed by atoms with van der Waals surface area (Å²) in [4.78, 5) is 32.1. The van der Waals surface area contributed by atoms with Crippen LogP contribution < -0.4 is 15.4 Å². The number of nitrogens with two attached hydrogens (primary N) is 1. The number of halogens is 3. The number of ether oxygens (including phenoxy) is 1.